The van der Waals surface area contributed by atoms with Gasteiger partial charge < -0.3 is 20.9 Å². The molecule has 0 saturated heterocycles. The molecular formula is C22H37N5O. The molecule has 1 aliphatic carbocycles. The van der Waals surface area contributed by atoms with E-state index in [1.807, 2.05) is 25.2 Å². The van der Waals surface area contributed by atoms with E-state index in [1.165, 1.54) is 25.7 Å². The average Bonchev–Trinajstić information content (AvgIpc) is 2.70. The number of amides is 1. The van der Waals surface area contributed by atoms with Crippen LogP contribution >= 0.6 is 0 Å². The lowest BCUT2D eigenvalue weighted by Crippen LogP contribution is -2.56. The molecule has 6 nitrogen and oxygen atoms in total. The molecule has 0 heterocycles. The van der Waals surface area contributed by atoms with E-state index in [4.69, 9.17) is 0 Å². The fraction of sp³-hybridized carbons (Fsp3) is 0.636. The van der Waals surface area contributed by atoms with Gasteiger partial charge in [-0.25, -0.2) is 0 Å². The third kappa shape index (κ3) is 5.96. The SMILES string of the molecule is CN=C(NCCc1cccc(C(=O)NC)c1)NCC1(N(C)C)CCCC(C)C1. The summed E-state index contributed by atoms with van der Waals surface area (Å²) in [6.07, 6.45) is 5.89. The Morgan fingerprint density at radius 1 is 1.32 bits per heavy atom. The highest BCUT2D eigenvalue weighted by Crippen LogP contribution is 2.35. The minimum atomic E-state index is -0.0528. The van der Waals surface area contributed by atoms with Crippen LogP contribution in [0, 0.1) is 5.92 Å². The molecular weight excluding hydrogens is 350 g/mol. The number of carbonyl (C=O) groups excluding carboxylic acids is 1. The Labute approximate surface area is 170 Å². The normalized spacial score (nSPS) is 22.8. The van der Waals surface area contributed by atoms with Crippen LogP contribution in [-0.2, 0) is 6.42 Å². The second-order valence-electron chi connectivity index (χ2n) is 8.20. The summed E-state index contributed by atoms with van der Waals surface area (Å²) in [5.41, 5.74) is 2.02. The monoisotopic (exact) mass is 387 g/mol. The highest BCUT2D eigenvalue weighted by atomic mass is 16.1. The van der Waals surface area contributed by atoms with Crippen LogP contribution in [0.5, 0.6) is 0 Å². The predicted molar refractivity (Wildman–Crippen MR) is 117 cm³/mol. The van der Waals surface area contributed by atoms with Crippen LogP contribution in [0.1, 0.15) is 48.5 Å². The van der Waals surface area contributed by atoms with E-state index in [0.29, 0.717) is 5.56 Å². The zero-order valence-corrected chi connectivity index (χ0v) is 18.1. The lowest BCUT2D eigenvalue weighted by Gasteiger charge is -2.45. The minimum absolute atomic E-state index is 0.0528. The van der Waals surface area contributed by atoms with Gasteiger partial charge in [-0.2, -0.15) is 0 Å². The second kappa shape index (κ2) is 10.5. The number of nitrogens with one attached hydrogen (secondary N) is 3. The quantitative estimate of drug-likeness (QED) is 0.496. The van der Waals surface area contributed by atoms with E-state index >= 15 is 0 Å². The van der Waals surface area contributed by atoms with Crippen molar-refractivity contribution >= 4 is 11.9 Å². The number of aliphatic imine (C=N–C) groups is 1. The molecule has 156 valence electrons. The van der Waals surface area contributed by atoms with Crippen LogP contribution in [0.3, 0.4) is 0 Å². The van der Waals surface area contributed by atoms with Gasteiger partial charge in [0.15, 0.2) is 5.96 Å². The van der Waals surface area contributed by atoms with Crippen molar-refractivity contribution in [2.24, 2.45) is 10.9 Å². The van der Waals surface area contributed by atoms with Crippen molar-refractivity contribution in [3.8, 4) is 0 Å². The van der Waals surface area contributed by atoms with Gasteiger partial charge in [-0.15, -0.1) is 0 Å². The molecule has 2 unspecified atom stereocenters. The maximum absolute atomic E-state index is 11.8. The van der Waals surface area contributed by atoms with E-state index in [2.05, 4.69) is 52.9 Å². The van der Waals surface area contributed by atoms with Gasteiger partial charge in [0, 0.05) is 38.3 Å². The minimum Gasteiger partial charge on any atom is -0.356 e. The standard InChI is InChI=1S/C22H37N5O/c1-17-8-7-12-22(15-17,27(4)5)16-26-21(24-3)25-13-11-18-9-6-10-19(14-18)20(28)23-2/h6,9-10,14,17H,7-8,11-13,15-16H2,1-5H3,(H,23,28)(H2,24,25,26). The molecule has 3 N–H and O–H groups in total. The number of hydrogen-bond acceptors (Lipinski definition) is 3. The number of hydrogen-bond donors (Lipinski definition) is 3. The van der Waals surface area contributed by atoms with Crippen LogP contribution in [0.4, 0.5) is 0 Å². The molecule has 1 aliphatic rings. The Morgan fingerprint density at radius 2 is 2.11 bits per heavy atom. The van der Waals surface area contributed by atoms with Crippen LogP contribution < -0.4 is 16.0 Å². The van der Waals surface area contributed by atoms with Gasteiger partial charge in [-0.05, 0) is 57.0 Å². The molecule has 1 saturated carbocycles. The summed E-state index contributed by atoms with van der Waals surface area (Å²) in [6, 6.07) is 7.76. The summed E-state index contributed by atoms with van der Waals surface area (Å²) in [7, 11) is 7.85. The van der Waals surface area contributed by atoms with E-state index in [9.17, 15) is 4.79 Å². The van der Waals surface area contributed by atoms with E-state index in [1.54, 1.807) is 7.05 Å². The van der Waals surface area contributed by atoms with Crippen LogP contribution in [0.25, 0.3) is 0 Å². The largest absolute Gasteiger partial charge is 0.356 e. The number of benzene rings is 1. The van der Waals surface area contributed by atoms with Crippen molar-refractivity contribution in [3.05, 3.63) is 35.4 Å². The lowest BCUT2D eigenvalue weighted by atomic mass is 9.75. The Hall–Kier alpha value is -2.08. The van der Waals surface area contributed by atoms with Gasteiger partial charge in [0.1, 0.15) is 0 Å². The van der Waals surface area contributed by atoms with Gasteiger partial charge in [-0.3, -0.25) is 9.79 Å². The molecule has 1 amide bonds. The first kappa shape index (κ1) is 22.2. The topological polar surface area (TPSA) is 68.8 Å². The van der Waals surface area contributed by atoms with Crippen LogP contribution in [0.15, 0.2) is 29.3 Å². The van der Waals surface area contributed by atoms with Crippen LogP contribution in [-0.4, -0.2) is 63.6 Å². The van der Waals surface area contributed by atoms with Crippen molar-refractivity contribution < 1.29 is 4.79 Å². The molecule has 6 heteroatoms. The number of nitrogens with zero attached hydrogens (tertiary/aromatic N) is 2. The molecule has 0 spiro atoms. The van der Waals surface area contributed by atoms with Gasteiger partial charge in [0.2, 0.25) is 0 Å². The highest BCUT2D eigenvalue weighted by molar-refractivity contribution is 5.94. The van der Waals surface area contributed by atoms with Crippen molar-refractivity contribution in [2.45, 2.75) is 44.6 Å². The molecule has 28 heavy (non-hydrogen) atoms. The van der Waals surface area contributed by atoms with Crippen molar-refractivity contribution in [3.63, 3.8) is 0 Å². The van der Waals surface area contributed by atoms with E-state index in [0.717, 1.165) is 37.0 Å². The summed E-state index contributed by atoms with van der Waals surface area (Å²) in [5.74, 6) is 1.55. The average molecular weight is 388 g/mol. The Balaban J connectivity index is 1.87. The maximum Gasteiger partial charge on any atom is 0.251 e. The number of rotatable bonds is 7. The molecule has 0 aliphatic heterocycles. The zero-order valence-electron chi connectivity index (χ0n) is 18.1. The fourth-order valence-electron chi connectivity index (χ4n) is 4.16. The maximum atomic E-state index is 11.8. The molecule has 0 radical (unpaired) electrons. The summed E-state index contributed by atoms with van der Waals surface area (Å²) >= 11 is 0. The second-order valence-corrected chi connectivity index (χ2v) is 8.20. The highest BCUT2D eigenvalue weighted by Gasteiger charge is 2.36. The zero-order chi connectivity index (χ0) is 20.6. The third-order valence-electron chi connectivity index (χ3n) is 5.95. The van der Waals surface area contributed by atoms with E-state index in [-0.39, 0.29) is 11.4 Å². The molecule has 1 aromatic rings. The van der Waals surface area contributed by atoms with E-state index < -0.39 is 0 Å². The fourth-order valence-corrected chi connectivity index (χ4v) is 4.16. The number of likely N-dealkylation sites (N-methyl/N-ethyl adjacent to an activating group) is 1. The Kier molecular flexibility index (Phi) is 8.30. The first-order valence-electron chi connectivity index (χ1n) is 10.3. The summed E-state index contributed by atoms with van der Waals surface area (Å²) < 4.78 is 0. The van der Waals surface area contributed by atoms with Gasteiger partial charge in [-0.1, -0.05) is 31.9 Å². The predicted octanol–water partition coefficient (Wildman–Crippen LogP) is 2.26. The first-order chi connectivity index (χ1) is 13.4. The molecule has 0 bridgehead atoms. The number of guanidine groups is 1. The third-order valence-corrected chi connectivity index (χ3v) is 5.95. The summed E-state index contributed by atoms with van der Waals surface area (Å²) in [5, 5.41) is 9.62. The van der Waals surface area contributed by atoms with Gasteiger partial charge in [0.05, 0.1) is 0 Å². The molecule has 2 rings (SSSR count). The lowest BCUT2D eigenvalue weighted by molar-refractivity contribution is 0.0796. The summed E-state index contributed by atoms with van der Waals surface area (Å²) in [6.45, 7) is 4.02. The molecule has 0 aromatic heterocycles. The van der Waals surface area contributed by atoms with Gasteiger partial charge in [0.25, 0.3) is 5.91 Å². The van der Waals surface area contributed by atoms with Crippen LogP contribution in [0.2, 0.25) is 0 Å². The first-order valence-corrected chi connectivity index (χ1v) is 10.3. The smallest absolute Gasteiger partial charge is 0.251 e. The van der Waals surface area contributed by atoms with Gasteiger partial charge >= 0.3 is 0 Å². The Morgan fingerprint density at radius 3 is 2.75 bits per heavy atom. The Bertz CT molecular complexity index is 673. The summed E-state index contributed by atoms with van der Waals surface area (Å²) in [4.78, 5) is 18.5. The van der Waals surface area contributed by atoms with Crippen molar-refractivity contribution in [1.29, 1.82) is 0 Å². The number of carbonyl (C=O) groups is 1. The van der Waals surface area contributed by atoms with Crippen molar-refractivity contribution in [2.75, 3.05) is 41.3 Å². The molecule has 2 atom stereocenters. The molecule has 1 fully saturated rings. The van der Waals surface area contributed by atoms with Crippen molar-refractivity contribution in [1.82, 2.24) is 20.9 Å². The molecule has 1 aromatic carbocycles.